The Labute approximate surface area is 150 Å². The van der Waals surface area contributed by atoms with Crippen LogP contribution in [-0.4, -0.2) is 36.3 Å². The van der Waals surface area contributed by atoms with Crippen molar-refractivity contribution in [3.63, 3.8) is 0 Å². The average Bonchev–Trinajstić information content (AvgIpc) is 2.52. The SMILES string of the molecule is CC(C)CCN(CCC(C)C)C(=O)CNC(=O)c1ccccc1Cl. The third kappa shape index (κ3) is 7.35. The summed E-state index contributed by atoms with van der Waals surface area (Å²) in [5, 5.41) is 3.07. The lowest BCUT2D eigenvalue weighted by Crippen LogP contribution is -2.41. The second-order valence-corrected chi connectivity index (χ2v) is 7.32. The third-order valence-corrected chi connectivity index (χ3v) is 4.15. The van der Waals surface area contributed by atoms with Gasteiger partial charge in [0, 0.05) is 13.1 Å². The molecule has 0 heterocycles. The Morgan fingerprint density at radius 1 is 1.04 bits per heavy atom. The number of carbonyl (C=O) groups excluding carboxylic acids is 2. The largest absolute Gasteiger partial charge is 0.343 e. The molecule has 0 aliphatic carbocycles. The number of nitrogens with one attached hydrogen (secondary N) is 1. The highest BCUT2D eigenvalue weighted by atomic mass is 35.5. The summed E-state index contributed by atoms with van der Waals surface area (Å²) in [6, 6.07) is 6.83. The van der Waals surface area contributed by atoms with Crippen LogP contribution < -0.4 is 5.32 Å². The second kappa shape index (κ2) is 10.3. The van der Waals surface area contributed by atoms with E-state index in [-0.39, 0.29) is 18.4 Å². The van der Waals surface area contributed by atoms with Gasteiger partial charge in [0.2, 0.25) is 5.91 Å². The molecule has 24 heavy (non-hydrogen) atoms. The summed E-state index contributed by atoms with van der Waals surface area (Å²) in [5.74, 6) is 0.715. The van der Waals surface area contributed by atoms with E-state index < -0.39 is 0 Å². The van der Waals surface area contributed by atoms with Gasteiger partial charge < -0.3 is 10.2 Å². The van der Waals surface area contributed by atoms with Crippen molar-refractivity contribution in [2.45, 2.75) is 40.5 Å². The number of rotatable bonds is 9. The average molecular weight is 353 g/mol. The molecule has 1 aromatic carbocycles. The fourth-order valence-corrected chi connectivity index (χ4v) is 2.42. The van der Waals surface area contributed by atoms with Gasteiger partial charge in [-0.2, -0.15) is 0 Å². The highest BCUT2D eigenvalue weighted by Gasteiger charge is 2.16. The summed E-state index contributed by atoms with van der Waals surface area (Å²) in [6.07, 6.45) is 1.92. The smallest absolute Gasteiger partial charge is 0.253 e. The predicted octanol–water partition coefficient (Wildman–Crippen LogP) is 3.99. The molecule has 0 radical (unpaired) electrons. The van der Waals surface area contributed by atoms with Gasteiger partial charge in [0.15, 0.2) is 0 Å². The van der Waals surface area contributed by atoms with Crippen molar-refractivity contribution >= 4 is 23.4 Å². The minimum absolute atomic E-state index is 0.000245. The molecule has 0 saturated heterocycles. The van der Waals surface area contributed by atoms with Gasteiger partial charge in [0.1, 0.15) is 0 Å². The van der Waals surface area contributed by atoms with Crippen molar-refractivity contribution in [3.05, 3.63) is 34.9 Å². The number of amides is 2. The van der Waals surface area contributed by atoms with E-state index in [0.717, 1.165) is 25.9 Å². The lowest BCUT2D eigenvalue weighted by molar-refractivity contribution is -0.130. The second-order valence-electron chi connectivity index (χ2n) is 6.91. The summed E-state index contributed by atoms with van der Waals surface area (Å²) in [7, 11) is 0. The summed E-state index contributed by atoms with van der Waals surface area (Å²) >= 11 is 6.01. The number of carbonyl (C=O) groups is 2. The third-order valence-electron chi connectivity index (χ3n) is 3.82. The zero-order chi connectivity index (χ0) is 18.1. The molecule has 2 amide bonds. The maximum absolute atomic E-state index is 12.5. The maximum Gasteiger partial charge on any atom is 0.253 e. The molecule has 0 aromatic heterocycles. The van der Waals surface area contributed by atoms with E-state index in [1.54, 1.807) is 24.3 Å². The van der Waals surface area contributed by atoms with Crippen LogP contribution in [0.25, 0.3) is 0 Å². The first-order chi connectivity index (χ1) is 11.3. The predicted molar refractivity (Wildman–Crippen MR) is 99.3 cm³/mol. The van der Waals surface area contributed by atoms with Crippen molar-refractivity contribution in [2.75, 3.05) is 19.6 Å². The van der Waals surface area contributed by atoms with Crippen LogP contribution in [0.3, 0.4) is 0 Å². The van der Waals surface area contributed by atoms with Gasteiger partial charge in [0.25, 0.3) is 5.91 Å². The fourth-order valence-electron chi connectivity index (χ4n) is 2.20. The fraction of sp³-hybridized carbons (Fsp3) is 0.579. The minimum atomic E-state index is -0.318. The molecule has 0 bridgehead atoms. The molecular weight excluding hydrogens is 324 g/mol. The van der Waals surface area contributed by atoms with E-state index >= 15 is 0 Å². The molecule has 1 aromatic rings. The lowest BCUT2D eigenvalue weighted by atomic mass is 10.1. The highest BCUT2D eigenvalue weighted by Crippen LogP contribution is 2.14. The first-order valence-electron chi connectivity index (χ1n) is 8.61. The van der Waals surface area contributed by atoms with Gasteiger partial charge in [-0.3, -0.25) is 9.59 Å². The molecule has 5 heteroatoms. The van der Waals surface area contributed by atoms with Crippen molar-refractivity contribution in [2.24, 2.45) is 11.8 Å². The normalized spacial score (nSPS) is 11.0. The van der Waals surface area contributed by atoms with E-state index in [4.69, 9.17) is 11.6 Å². The lowest BCUT2D eigenvalue weighted by Gasteiger charge is -2.24. The minimum Gasteiger partial charge on any atom is -0.343 e. The number of hydrogen-bond donors (Lipinski definition) is 1. The molecule has 134 valence electrons. The van der Waals surface area contributed by atoms with Crippen LogP contribution in [0.4, 0.5) is 0 Å². The van der Waals surface area contributed by atoms with Crippen molar-refractivity contribution in [1.29, 1.82) is 0 Å². The number of hydrogen-bond acceptors (Lipinski definition) is 2. The van der Waals surface area contributed by atoms with Crippen molar-refractivity contribution in [3.8, 4) is 0 Å². The van der Waals surface area contributed by atoms with E-state index in [0.29, 0.717) is 22.4 Å². The molecule has 0 atom stereocenters. The van der Waals surface area contributed by atoms with Gasteiger partial charge >= 0.3 is 0 Å². The standard InChI is InChI=1S/C19H29ClN2O2/c1-14(2)9-11-22(12-10-15(3)4)18(23)13-21-19(24)16-7-5-6-8-17(16)20/h5-8,14-15H,9-13H2,1-4H3,(H,21,24). The summed E-state index contributed by atoms with van der Waals surface area (Å²) in [5.41, 5.74) is 0.392. The van der Waals surface area contributed by atoms with Crippen LogP contribution in [0.2, 0.25) is 5.02 Å². The van der Waals surface area contributed by atoms with Crippen molar-refractivity contribution in [1.82, 2.24) is 10.2 Å². The number of nitrogens with zero attached hydrogens (tertiary/aromatic N) is 1. The van der Waals surface area contributed by atoms with Gasteiger partial charge in [0.05, 0.1) is 17.1 Å². The molecule has 0 fully saturated rings. The molecular formula is C19H29ClN2O2. The summed E-state index contributed by atoms with van der Waals surface area (Å²) < 4.78 is 0. The molecule has 0 aliphatic heterocycles. The van der Waals surface area contributed by atoms with Gasteiger partial charge in [-0.1, -0.05) is 51.4 Å². The topological polar surface area (TPSA) is 49.4 Å². The highest BCUT2D eigenvalue weighted by molar-refractivity contribution is 6.33. The van der Waals surface area contributed by atoms with Gasteiger partial charge in [-0.25, -0.2) is 0 Å². The number of benzene rings is 1. The first kappa shape index (κ1) is 20.5. The zero-order valence-corrected chi connectivity index (χ0v) is 15.9. The number of halogens is 1. The van der Waals surface area contributed by atoms with Gasteiger partial charge in [-0.05, 0) is 36.8 Å². The Kier molecular flexibility index (Phi) is 8.83. The zero-order valence-electron chi connectivity index (χ0n) is 15.1. The summed E-state index contributed by atoms with van der Waals surface area (Å²) in [4.78, 5) is 26.5. The molecule has 0 unspecified atom stereocenters. The first-order valence-corrected chi connectivity index (χ1v) is 8.99. The van der Waals surface area contributed by atoms with E-state index in [1.165, 1.54) is 0 Å². The summed E-state index contributed by atoms with van der Waals surface area (Å²) in [6.45, 7) is 10.0. The molecule has 4 nitrogen and oxygen atoms in total. The van der Waals surface area contributed by atoms with E-state index in [9.17, 15) is 9.59 Å². The quantitative estimate of drug-likeness (QED) is 0.730. The Balaban J connectivity index is 2.59. The van der Waals surface area contributed by atoms with Crippen LogP contribution in [-0.2, 0) is 4.79 Å². The van der Waals surface area contributed by atoms with Crippen LogP contribution in [0.15, 0.2) is 24.3 Å². The maximum atomic E-state index is 12.5. The van der Waals surface area contributed by atoms with Gasteiger partial charge in [-0.15, -0.1) is 0 Å². The molecule has 1 N–H and O–H groups in total. The van der Waals surface area contributed by atoms with Crippen LogP contribution in [0, 0.1) is 11.8 Å². The monoisotopic (exact) mass is 352 g/mol. The molecule has 0 spiro atoms. The Hall–Kier alpha value is -1.55. The van der Waals surface area contributed by atoms with Crippen LogP contribution >= 0.6 is 11.6 Å². The molecule has 0 aliphatic rings. The molecule has 0 saturated carbocycles. The molecule has 1 rings (SSSR count). The van der Waals surface area contributed by atoms with E-state index in [1.807, 2.05) is 4.90 Å². The van der Waals surface area contributed by atoms with Crippen LogP contribution in [0.5, 0.6) is 0 Å². The van der Waals surface area contributed by atoms with E-state index in [2.05, 4.69) is 33.0 Å². The Morgan fingerprint density at radius 2 is 1.58 bits per heavy atom. The van der Waals surface area contributed by atoms with Crippen LogP contribution in [0.1, 0.15) is 50.9 Å². The Bertz CT molecular complexity index is 532. The van der Waals surface area contributed by atoms with Crippen molar-refractivity contribution < 1.29 is 9.59 Å². The Morgan fingerprint density at radius 3 is 2.08 bits per heavy atom.